The van der Waals surface area contributed by atoms with Crippen LogP contribution >= 0.6 is 21.6 Å². The number of aliphatic hydroxyl groups is 1. The molecule has 0 aromatic heterocycles. The highest BCUT2D eigenvalue weighted by Gasteiger charge is 2.53. The molecule has 8 N–H and O–H groups in total. The van der Waals surface area contributed by atoms with Gasteiger partial charge in [0.05, 0.1) is 37.5 Å². The van der Waals surface area contributed by atoms with Crippen LogP contribution < -0.4 is 35.9 Å². The number of hydrogen-bond donors (Lipinski definition) is 7. The van der Waals surface area contributed by atoms with E-state index in [4.69, 9.17) is 29.4 Å². The Labute approximate surface area is 513 Å². The van der Waals surface area contributed by atoms with E-state index < -0.39 is 35.5 Å². The maximum atomic E-state index is 13.6. The van der Waals surface area contributed by atoms with Crippen molar-refractivity contribution in [3.05, 3.63) is 128 Å². The first-order chi connectivity index (χ1) is 41.9. The van der Waals surface area contributed by atoms with Gasteiger partial charge in [0, 0.05) is 114 Å². The van der Waals surface area contributed by atoms with Crippen molar-refractivity contribution in [2.75, 3.05) is 52.1 Å². The first-order valence-corrected chi connectivity index (χ1v) is 33.9. The first kappa shape index (κ1) is 57.7. The summed E-state index contributed by atoms with van der Waals surface area (Å²) in [6, 6.07) is 17.2. The molecule has 15 heteroatoms. The summed E-state index contributed by atoms with van der Waals surface area (Å²) in [6.45, 7) is 4.48. The minimum Gasteiger partial charge on any atom is -0.508 e. The summed E-state index contributed by atoms with van der Waals surface area (Å²) in [5.74, 6) is 17.4. The van der Waals surface area contributed by atoms with Crippen LogP contribution in [0.25, 0.3) is 17.2 Å². The van der Waals surface area contributed by atoms with Crippen molar-refractivity contribution in [1.29, 1.82) is 0 Å². The number of aromatic hydroxyl groups is 2. The van der Waals surface area contributed by atoms with Gasteiger partial charge in [-0.3, -0.25) is 4.79 Å². The molecule has 2 saturated carbocycles. The molecule has 3 fully saturated rings. The zero-order chi connectivity index (χ0) is 59.0. The Morgan fingerprint density at radius 2 is 1.83 bits per heavy atom. The number of aliphatic hydroxyl groups excluding tert-OH is 1. The first-order valence-electron chi connectivity index (χ1n) is 31.4. The lowest BCUT2D eigenvalue weighted by Crippen LogP contribution is -2.49. The maximum Gasteiger partial charge on any atom is 0.302 e. The third-order valence-electron chi connectivity index (χ3n) is 21.0. The van der Waals surface area contributed by atoms with Crippen molar-refractivity contribution < 1.29 is 43.8 Å². The molecule has 0 amide bonds. The van der Waals surface area contributed by atoms with E-state index in [0.717, 1.165) is 112 Å². The second-order valence-corrected chi connectivity index (χ2v) is 28.6. The van der Waals surface area contributed by atoms with Crippen molar-refractivity contribution in [2.45, 2.75) is 139 Å². The van der Waals surface area contributed by atoms with Crippen LogP contribution in [0, 0.1) is 59.2 Å². The molecule has 1 spiro atoms. The van der Waals surface area contributed by atoms with Crippen LogP contribution in [0.15, 0.2) is 77.5 Å². The Morgan fingerprint density at radius 3 is 2.65 bits per heavy atom. The van der Waals surface area contributed by atoms with E-state index in [-0.39, 0.29) is 73.0 Å². The van der Waals surface area contributed by atoms with Crippen molar-refractivity contribution in [1.82, 2.24) is 16.0 Å². The van der Waals surface area contributed by atoms with Crippen LogP contribution in [0.1, 0.15) is 133 Å². The minimum absolute atomic E-state index is 0.00694. The summed E-state index contributed by atoms with van der Waals surface area (Å²) in [4.78, 5) is 13.4. The number of methoxy groups -OCH3 is 2. The summed E-state index contributed by atoms with van der Waals surface area (Å²) in [5, 5.41) is 48.2. The van der Waals surface area contributed by atoms with Crippen LogP contribution in [0.4, 0.5) is 0 Å². The summed E-state index contributed by atoms with van der Waals surface area (Å²) >= 11 is 0. The summed E-state index contributed by atoms with van der Waals surface area (Å²) < 4.78 is 34.1. The van der Waals surface area contributed by atoms with E-state index in [1.807, 2.05) is 27.7 Å². The molecule has 10 aliphatic rings. The molecule has 86 heavy (non-hydrogen) atoms. The number of carbonyl (C=O) groups is 1. The molecule has 13 nitrogen and oxygen atoms in total. The highest BCUT2D eigenvalue weighted by atomic mass is 33.1. The Balaban J connectivity index is 1.11. The van der Waals surface area contributed by atoms with Crippen molar-refractivity contribution in [2.24, 2.45) is 41.2 Å². The molecule has 14 rings (SSSR count). The van der Waals surface area contributed by atoms with Gasteiger partial charge in [-0.2, -0.15) is 0 Å². The Kier molecular flexibility index (Phi) is 16.0. The minimum atomic E-state index is -0.848. The molecule has 450 valence electrons. The SMILES string of the molecule is CCC1=CC2=C(C#C[C@@H]3C#C[C@@H]4Cc5cccc(c5)C[C@H]2[C@H]2CC[C@]5(Cc6cc(O)cc(OC)c6-c6ccc7c(c65)O[C@H](c5c6c(c(O)c(c53)CNC[C@@H](CO)[C@@H]4COC)O[C@H]3CSSC[C@@H]4CCC[C@H](C4)N[C@H]3C=C6)[C@H]7COC(C)=O)C2)NC1N. The molecule has 11 bridgehead atoms. The average molecular weight is 1200 g/mol. The van der Waals surface area contributed by atoms with E-state index in [1.54, 1.807) is 20.3 Å². The molecule has 14 atom stereocenters. The van der Waals surface area contributed by atoms with E-state index in [2.05, 4.69) is 101 Å². The van der Waals surface area contributed by atoms with Gasteiger partial charge in [0.15, 0.2) is 11.5 Å². The quantitative estimate of drug-likeness (QED) is 0.0526. The number of ether oxygens (including phenoxy) is 5. The monoisotopic (exact) mass is 1200 g/mol. The highest BCUT2D eigenvalue weighted by molar-refractivity contribution is 8.76. The number of nitrogens with one attached hydrogen (secondary N) is 3. The standard InChI is InChI=1S/C71H80N4O9S2/c1-5-42-27-54-53-25-40-9-6-8-39(22-40)23-44-13-12-43(14-18-58(54)75-70(42)72)63-55(32-73-31-47(33-76)56(44)34-80-3)66(79)69-52(17-19-59-61(83-69)37-86-85-36-41-10-7-11-48(24-41)74-59)64(63)67-57(35-82-38(2)77)50-15-16-51-62-46(26-49(78)28-60(62)81-4)30-71(21-20-45(53)29-71)65(51)68(50)84-67/h6,8-9,15-17,19,22,26-28,41,43-45,47-48,53,56-57,59,61,67,70,73-76,78-79H,5,7,10-11,20-21,23-25,29-37,72H2,1-4H3/t41-,43+,44-,45+,47+,48-,53+,56-,57+,59+,61+,67+,70?,71-/m1/s1. The Morgan fingerprint density at radius 1 is 0.965 bits per heavy atom. The van der Waals surface area contributed by atoms with Gasteiger partial charge < -0.3 is 60.7 Å². The van der Waals surface area contributed by atoms with Gasteiger partial charge in [0.25, 0.3) is 0 Å². The number of nitrogens with two attached hydrogens (primary N) is 1. The number of benzene rings is 4. The second kappa shape index (κ2) is 23.8. The lowest BCUT2D eigenvalue weighted by atomic mass is 9.64. The second-order valence-electron chi connectivity index (χ2n) is 26.1. The topological polar surface area (TPSA) is 186 Å². The molecule has 4 aromatic carbocycles. The smallest absolute Gasteiger partial charge is 0.302 e. The van der Waals surface area contributed by atoms with Gasteiger partial charge in [0.1, 0.15) is 42.0 Å². The Bertz CT molecular complexity index is 3590. The third kappa shape index (κ3) is 10.4. The van der Waals surface area contributed by atoms with E-state index in [1.165, 1.54) is 25.3 Å². The third-order valence-corrected chi connectivity index (χ3v) is 23.6. The number of allylic oxidation sites excluding steroid dienone is 3. The molecule has 4 aromatic rings. The highest BCUT2D eigenvalue weighted by Crippen LogP contribution is 2.64. The molecular weight excluding hydrogens is 1120 g/mol. The molecule has 1 saturated heterocycles. The number of phenolic OH excluding ortho intramolecular Hbond substituents is 2. The predicted molar refractivity (Wildman–Crippen MR) is 338 cm³/mol. The fraction of sp³-hybridized carbons (Fsp3) is 0.507. The van der Waals surface area contributed by atoms with Crippen molar-refractivity contribution in [3.8, 4) is 63.6 Å². The number of esters is 1. The predicted octanol–water partition coefficient (Wildman–Crippen LogP) is 10.4. The van der Waals surface area contributed by atoms with Gasteiger partial charge >= 0.3 is 5.97 Å². The molecule has 4 aliphatic carbocycles. The normalized spacial score (nSPS) is 31.8. The largest absolute Gasteiger partial charge is 0.508 e. The van der Waals surface area contributed by atoms with Crippen molar-refractivity contribution in [3.63, 3.8) is 0 Å². The van der Waals surface area contributed by atoms with Crippen LogP contribution in [-0.4, -0.2) is 97.7 Å². The number of rotatable bonds is 7. The fourth-order valence-electron chi connectivity index (χ4n) is 17.0. The van der Waals surface area contributed by atoms with Crippen LogP contribution in [0.5, 0.6) is 28.7 Å². The van der Waals surface area contributed by atoms with E-state index in [0.29, 0.717) is 71.9 Å². The van der Waals surface area contributed by atoms with Gasteiger partial charge in [-0.25, -0.2) is 0 Å². The zero-order valence-electron chi connectivity index (χ0n) is 49.8. The molecule has 0 radical (unpaired) electrons. The maximum absolute atomic E-state index is 13.6. The van der Waals surface area contributed by atoms with E-state index >= 15 is 0 Å². The molecule has 6 aliphatic heterocycles. The van der Waals surface area contributed by atoms with Gasteiger partial charge in [-0.05, 0) is 133 Å². The number of hydrogen-bond acceptors (Lipinski definition) is 15. The van der Waals surface area contributed by atoms with E-state index in [9.17, 15) is 20.1 Å². The van der Waals surface area contributed by atoms with Crippen LogP contribution in [-0.2, 0) is 45.5 Å². The lowest BCUT2D eigenvalue weighted by Gasteiger charge is -2.40. The number of carbonyl (C=O) groups excluding carboxylic acids is 1. The number of phenols is 2. The van der Waals surface area contributed by atoms with Crippen LogP contribution in [0.2, 0.25) is 0 Å². The average Bonchev–Trinajstić information content (AvgIpc) is 2.92. The summed E-state index contributed by atoms with van der Waals surface area (Å²) in [7, 11) is 7.15. The molecule has 1 unspecified atom stereocenters. The van der Waals surface area contributed by atoms with Crippen molar-refractivity contribution >= 4 is 33.6 Å². The summed E-state index contributed by atoms with van der Waals surface area (Å²) in [5.41, 5.74) is 19.8. The van der Waals surface area contributed by atoms with Gasteiger partial charge in [0.2, 0.25) is 0 Å². The van der Waals surface area contributed by atoms with Gasteiger partial charge in [-0.15, -0.1) is 0 Å². The summed E-state index contributed by atoms with van der Waals surface area (Å²) in [6.07, 6.45) is 15.0. The molecular formula is C71H80N4O9S2. The number of dihydropyridines is 1. The zero-order valence-corrected chi connectivity index (χ0v) is 51.4. The fourth-order valence-corrected chi connectivity index (χ4v) is 19.6. The van der Waals surface area contributed by atoms with Crippen LogP contribution in [0.3, 0.4) is 0 Å². The number of fused-ring (bicyclic) bond motifs is 14. The lowest BCUT2D eigenvalue weighted by molar-refractivity contribution is -0.141. The molecule has 6 heterocycles. The van der Waals surface area contributed by atoms with Gasteiger partial charge in [-0.1, -0.05) is 107 Å². The Hall–Kier alpha value is -6.01.